The summed E-state index contributed by atoms with van der Waals surface area (Å²) >= 11 is 5.71. The van der Waals surface area contributed by atoms with Gasteiger partial charge in [0.1, 0.15) is 5.84 Å². The molecule has 0 unspecified atom stereocenters. The Kier molecular flexibility index (Phi) is 4.46. The third-order valence-electron chi connectivity index (χ3n) is 2.72. The molecular formula is C14H9ClF3N3O. The third-order valence-corrected chi connectivity index (χ3v) is 2.97. The normalized spacial score (nSPS) is 12.3. The zero-order chi connectivity index (χ0) is 16.3. The van der Waals surface area contributed by atoms with Crippen molar-refractivity contribution >= 4 is 23.3 Å². The average Bonchev–Trinajstić information content (AvgIpc) is 2.47. The predicted molar refractivity (Wildman–Crippen MR) is 75.7 cm³/mol. The van der Waals surface area contributed by atoms with E-state index in [4.69, 9.17) is 17.3 Å². The second-order valence-electron chi connectivity index (χ2n) is 4.23. The Labute approximate surface area is 128 Å². The quantitative estimate of drug-likeness (QED) is 0.679. The van der Waals surface area contributed by atoms with Crippen LogP contribution in [0, 0.1) is 0 Å². The summed E-state index contributed by atoms with van der Waals surface area (Å²) in [6.07, 6.45) is -2.92. The van der Waals surface area contributed by atoms with Gasteiger partial charge in [0.05, 0.1) is 11.1 Å². The number of amides is 1. The van der Waals surface area contributed by atoms with Crippen LogP contribution in [0.1, 0.15) is 21.5 Å². The van der Waals surface area contributed by atoms with Gasteiger partial charge in [-0.05, 0) is 30.3 Å². The standard InChI is InChI=1S/C14H9ClF3N3O/c15-9-3-1-8(2-4-9)12(19)21-13(22)10-7-20-6-5-11(10)14(16,17)18/h1-7H,(H2,19,21,22). The Hall–Kier alpha value is -2.41. The first-order valence-electron chi connectivity index (χ1n) is 5.94. The number of rotatable bonds is 2. The van der Waals surface area contributed by atoms with Crippen LogP contribution < -0.4 is 5.73 Å². The number of nitrogens with zero attached hydrogens (tertiary/aromatic N) is 2. The largest absolute Gasteiger partial charge is 0.417 e. The topological polar surface area (TPSA) is 68.3 Å². The molecule has 0 atom stereocenters. The van der Waals surface area contributed by atoms with E-state index in [1.807, 2.05) is 0 Å². The Morgan fingerprint density at radius 1 is 1.18 bits per heavy atom. The highest BCUT2D eigenvalue weighted by Crippen LogP contribution is 2.31. The lowest BCUT2D eigenvalue weighted by molar-refractivity contribution is -0.138. The number of pyridine rings is 1. The van der Waals surface area contributed by atoms with Crippen molar-refractivity contribution in [1.82, 2.24) is 4.98 Å². The van der Waals surface area contributed by atoms with E-state index < -0.39 is 23.2 Å². The number of benzene rings is 1. The van der Waals surface area contributed by atoms with Crippen LogP contribution in [0.3, 0.4) is 0 Å². The van der Waals surface area contributed by atoms with Gasteiger partial charge in [-0.15, -0.1) is 0 Å². The molecule has 0 aliphatic heterocycles. The highest BCUT2D eigenvalue weighted by molar-refractivity contribution is 6.30. The van der Waals surface area contributed by atoms with Gasteiger partial charge in [0.2, 0.25) is 0 Å². The van der Waals surface area contributed by atoms with E-state index in [9.17, 15) is 18.0 Å². The number of aliphatic imine (C=N–C) groups is 1. The van der Waals surface area contributed by atoms with Gasteiger partial charge < -0.3 is 5.73 Å². The van der Waals surface area contributed by atoms with E-state index >= 15 is 0 Å². The summed E-state index contributed by atoms with van der Waals surface area (Å²) in [5.41, 5.74) is 4.23. The maximum atomic E-state index is 12.8. The highest BCUT2D eigenvalue weighted by atomic mass is 35.5. The molecule has 0 aliphatic carbocycles. The molecule has 1 heterocycles. The molecule has 2 aromatic rings. The van der Waals surface area contributed by atoms with Crippen molar-refractivity contribution in [3.05, 3.63) is 64.4 Å². The lowest BCUT2D eigenvalue weighted by Crippen LogP contribution is -2.18. The van der Waals surface area contributed by atoms with Gasteiger partial charge in [-0.3, -0.25) is 9.78 Å². The van der Waals surface area contributed by atoms with Crippen LogP contribution in [-0.4, -0.2) is 16.7 Å². The number of hydrogen-bond donors (Lipinski definition) is 1. The SMILES string of the molecule is NC(=NC(=O)c1cnccc1C(F)(F)F)c1ccc(Cl)cc1. The fourth-order valence-electron chi connectivity index (χ4n) is 1.67. The molecule has 22 heavy (non-hydrogen) atoms. The van der Waals surface area contributed by atoms with E-state index in [2.05, 4.69) is 9.98 Å². The van der Waals surface area contributed by atoms with E-state index in [1.165, 1.54) is 24.3 Å². The third kappa shape index (κ3) is 3.62. The fourth-order valence-corrected chi connectivity index (χ4v) is 1.79. The van der Waals surface area contributed by atoms with Crippen molar-refractivity contribution in [2.45, 2.75) is 6.18 Å². The first-order chi connectivity index (χ1) is 10.3. The van der Waals surface area contributed by atoms with Gasteiger partial charge in [-0.2, -0.15) is 18.2 Å². The summed E-state index contributed by atoms with van der Waals surface area (Å²) in [7, 11) is 0. The van der Waals surface area contributed by atoms with Crippen LogP contribution in [0.25, 0.3) is 0 Å². The Bertz CT molecular complexity index is 727. The molecule has 1 aromatic carbocycles. The smallest absolute Gasteiger partial charge is 0.383 e. The Morgan fingerprint density at radius 2 is 1.82 bits per heavy atom. The minimum atomic E-state index is -4.68. The van der Waals surface area contributed by atoms with Gasteiger partial charge in [-0.1, -0.05) is 11.6 Å². The second kappa shape index (κ2) is 6.15. The minimum absolute atomic E-state index is 0.210. The summed E-state index contributed by atoms with van der Waals surface area (Å²) in [6, 6.07) is 6.76. The van der Waals surface area contributed by atoms with Gasteiger partial charge in [-0.25, -0.2) is 0 Å². The van der Waals surface area contributed by atoms with E-state index in [0.29, 0.717) is 16.7 Å². The van der Waals surface area contributed by atoms with E-state index in [1.54, 1.807) is 0 Å². The molecule has 0 saturated heterocycles. The van der Waals surface area contributed by atoms with Crippen molar-refractivity contribution in [2.24, 2.45) is 10.7 Å². The number of carbonyl (C=O) groups excluding carboxylic acids is 1. The molecule has 0 aliphatic rings. The lowest BCUT2D eigenvalue weighted by atomic mass is 10.1. The van der Waals surface area contributed by atoms with Crippen LogP contribution in [0.2, 0.25) is 5.02 Å². The molecule has 8 heteroatoms. The predicted octanol–water partition coefficient (Wildman–Crippen LogP) is 3.30. The van der Waals surface area contributed by atoms with Crippen molar-refractivity contribution < 1.29 is 18.0 Å². The van der Waals surface area contributed by atoms with Gasteiger partial charge in [0.25, 0.3) is 5.91 Å². The lowest BCUT2D eigenvalue weighted by Gasteiger charge is -2.09. The molecule has 0 saturated carbocycles. The molecule has 0 fully saturated rings. The van der Waals surface area contributed by atoms with Gasteiger partial charge >= 0.3 is 6.18 Å². The number of hydrogen-bond acceptors (Lipinski definition) is 2. The van der Waals surface area contributed by atoms with Crippen LogP contribution in [0.15, 0.2) is 47.7 Å². The van der Waals surface area contributed by atoms with Crippen molar-refractivity contribution in [3.8, 4) is 0 Å². The van der Waals surface area contributed by atoms with Crippen LogP contribution in [-0.2, 0) is 6.18 Å². The minimum Gasteiger partial charge on any atom is -0.383 e. The van der Waals surface area contributed by atoms with Crippen LogP contribution >= 0.6 is 11.6 Å². The Morgan fingerprint density at radius 3 is 2.41 bits per heavy atom. The summed E-state index contributed by atoms with van der Waals surface area (Å²) < 4.78 is 38.5. The monoisotopic (exact) mass is 327 g/mol. The summed E-state index contributed by atoms with van der Waals surface area (Å²) in [4.78, 5) is 18.9. The summed E-state index contributed by atoms with van der Waals surface area (Å²) in [5, 5.41) is 0.453. The molecule has 4 nitrogen and oxygen atoms in total. The van der Waals surface area contributed by atoms with E-state index in [-0.39, 0.29) is 5.84 Å². The van der Waals surface area contributed by atoms with Crippen molar-refractivity contribution in [1.29, 1.82) is 0 Å². The first kappa shape index (κ1) is 16.0. The fraction of sp³-hybridized carbons (Fsp3) is 0.0714. The molecule has 0 spiro atoms. The molecule has 114 valence electrons. The van der Waals surface area contributed by atoms with Crippen LogP contribution in [0.4, 0.5) is 13.2 Å². The molecule has 2 N–H and O–H groups in total. The zero-order valence-corrected chi connectivity index (χ0v) is 11.7. The van der Waals surface area contributed by atoms with Gasteiger partial charge in [0, 0.05) is 23.0 Å². The zero-order valence-electron chi connectivity index (χ0n) is 10.9. The molecule has 1 amide bonds. The van der Waals surface area contributed by atoms with Gasteiger partial charge in [0.15, 0.2) is 0 Å². The maximum Gasteiger partial charge on any atom is 0.417 e. The summed E-state index contributed by atoms with van der Waals surface area (Å²) in [6.45, 7) is 0. The van der Waals surface area contributed by atoms with E-state index in [0.717, 1.165) is 12.4 Å². The molecule has 1 aromatic heterocycles. The van der Waals surface area contributed by atoms with Crippen molar-refractivity contribution in [3.63, 3.8) is 0 Å². The molecule has 2 rings (SSSR count). The number of carbonyl (C=O) groups is 1. The molecular weight excluding hydrogens is 319 g/mol. The first-order valence-corrected chi connectivity index (χ1v) is 6.32. The number of amidine groups is 1. The molecule has 0 bridgehead atoms. The second-order valence-corrected chi connectivity index (χ2v) is 4.66. The Balaban J connectivity index is 2.37. The van der Waals surface area contributed by atoms with Crippen LogP contribution in [0.5, 0.6) is 0 Å². The highest BCUT2D eigenvalue weighted by Gasteiger charge is 2.35. The number of aromatic nitrogens is 1. The number of alkyl halides is 3. The molecule has 0 radical (unpaired) electrons. The van der Waals surface area contributed by atoms with Crippen molar-refractivity contribution in [2.75, 3.05) is 0 Å². The number of nitrogens with two attached hydrogens (primary N) is 1. The average molecular weight is 328 g/mol. The number of halogens is 4. The summed E-state index contributed by atoms with van der Waals surface area (Å²) in [5.74, 6) is -1.33. The maximum absolute atomic E-state index is 12.8.